The monoisotopic (exact) mass is 476 g/mol. The zero-order valence-electron chi connectivity index (χ0n) is 15.7. The molecule has 0 aromatic carbocycles. The van der Waals surface area contributed by atoms with Crippen LogP contribution in [0.1, 0.15) is 38.1 Å². The fourth-order valence-corrected chi connectivity index (χ4v) is 3.34. The van der Waals surface area contributed by atoms with Gasteiger partial charge < -0.3 is 19.5 Å². The molecule has 146 valence electrons. The number of likely N-dealkylation sites (tertiary alicyclic amines) is 1. The Morgan fingerprint density at radius 2 is 2.23 bits per heavy atom. The summed E-state index contributed by atoms with van der Waals surface area (Å²) >= 11 is 0. The van der Waals surface area contributed by atoms with Crippen molar-refractivity contribution in [2.24, 2.45) is 4.99 Å². The Kier molecular flexibility index (Phi) is 8.29. The molecule has 2 atom stereocenters. The van der Waals surface area contributed by atoms with Crippen LogP contribution in [0.5, 0.6) is 0 Å². The van der Waals surface area contributed by atoms with Gasteiger partial charge in [-0.25, -0.2) is 0 Å². The largest absolute Gasteiger partial charge is 0.371 e. The molecular weight excluding hydrogens is 447 g/mol. The van der Waals surface area contributed by atoms with Crippen molar-refractivity contribution in [3.05, 3.63) is 23.9 Å². The van der Waals surface area contributed by atoms with Gasteiger partial charge in [0.2, 0.25) is 5.89 Å². The van der Waals surface area contributed by atoms with Crippen molar-refractivity contribution in [1.29, 1.82) is 0 Å². The van der Waals surface area contributed by atoms with Gasteiger partial charge in [0.15, 0.2) is 11.8 Å². The van der Waals surface area contributed by atoms with E-state index in [1.165, 1.54) is 6.42 Å². The minimum Gasteiger partial charge on any atom is -0.371 e. The van der Waals surface area contributed by atoms with E-state index in [-0.39, 0.29) is 30.1 Å². The number of guanidine groups is 1. The van der Waals surface area contributed by atoms with Gasteiger partial charge in [-0.15, -0.1) is 24.0 Å². The van der Waals surface area contributed by atoms with Crippen LogP contribution in [0, 0.1) is 0 Å². The molecular formula is C17H29IN6O2. The number of rotatable bonds is 6. The number of nitrogens with one attached hydrogen (secondary N) is 1. The molecule has 2 unspecified atom stereocenters. The van der Waals surface area contributed by atoms with Crippen LogP contribution in [0.15, 0.2) is 21.7 Å². The molecule has 3 heterocycles. The quantitative estimate of drug-likeness (QED) is 0.291. The Balaban J connectivity index is 0.00000243. The van der Waals surface area contributed by atoms with Crippen molar-refractivity contribution in [2.45, 2.75) is 39.0 Å². The molecule has 0 spiro atoms. The van der Waals surface area contributed by atoms with Crippen molar-refractivity contribution in [2.75, 3.05) is 39.8 Å². The van der Waals surface area contributed by atoms with Crippen LogP contribution in [0.3, 0.4) is 0 Å². The SMILES string of the molecule is CCOC(C)c1noc(CNC(=NC)N2CCC(N3CC=CC3)C2)n1.I. The van der Waals surface area contributed by atoms with Gasteiger partial charge in [-0.05, 0) is 20.3 Å². The van der Waals surface area contributed by atoms with Gasteiger partial charge in [0.1, 0.15) is 6.10 Å². The molecule has 0 radical (unpaired) electrons. The zero-order chi connectivity index (χ0) is 17.6. The van der Waals surface area contributed by atoms with Crippen LogP contribution in [0.25, 0.3) is 0 Å². The molecule has 1 aromatic heterocycles. The molecule has 0 saturated carbocycles. The van der Waals surface area contributed by atoms with Crippen molar-refractivity contribution in [1.82, 2.24) is 25.3 Å². The molecule has 1 fully saturated rings. The third kappa shape index (κ3) is 5.17. The smallest absolute Gasteiger partial charge is 0.246 e. The Hall–Kier alpha value is -1.20. The fourth-order valence-electron chi connectivity index (χ4n) is 3.34. The Labute approximate surface area is 172 Å². The predicted octanol–water partition coefficient (Wildman–Crippen LogP) is 1.81. The highest BCUT2D eigenvalue weighted by atomic mass is 127. The van der Waals surface area contributed by atoms with Crippen molar-refractivity contribution in [3.8, 4) is 0 Å². The first-order valence-electron chi connectivity index (χ1n) is 9.00. The van der Waals surface area contributed by atoms with Crippen molar-refractivity contribution in [3.63, 3.8) is 0 Å². The number of hydrogen-bond donors (Lipinski definition) is 1. The fraction of sp³-hybridized carbons (Fsp3) is 0.706. The summed E-state index contributed by atoms with van der Waals surface area (Å²) in [6, 6.07) is 0.593. The molecule has 9 heteroatoms. The van der Waals surface area contributed by atoms with E-state index in [0.29, 0.717) is 30.9 Å². The molecule has 0 amide bonds. The van der Waals surface area contributed by atoms with Crippen LogP contribution in [-0.4, -0.2) is 71.8 Å². The molecule has 3 rings (SSSR count). The second-order valence-electron chi connectivity index (χ2n) is 6.36. The van der Waals surface area contributed by atoms with Crippen molar-refractivity contribution >= 4 is 29.9 Å². The standard InChI is InChI=1S/C17H28N6O2.HI/c1-4-24-13(2)16-20-15(25-21-16)11-19-17(18-3)23-10-7-14(12-23)22-8-5-6-9-22;/h5-6,13-14H,4,7-12H2,1-3H3,(H,18,19);1H. The maximum absolute atomic E-state index is 5.48. The van der Waals surface area contributed by atoms with Gasteiger partial charge in [-0.1, -0.05) is 17.3 Å². The molecule has 8 nitrogen and oxygen atoms in total. The van der Waals surface area contributed by atoms with Gasteiger partial charge in [-0.3, -0.25) is 9.89 Å². The minimum atomic E-state index is -0.157. The third-order valence-electron chi connectivity index (χ3n) is 4.70. The van der Waals surface area contributed by atoms with E-state index >= 15 is 0 Å². The maximum atomic E-state index is 5.48. The molecule has 2 aliphatic rings. The number of aromatic nitrogens is 2. The lowest BCUT2D eigenvalue weighted by atomic mass is 10.2. The van der Waals surface area contributed by atoms with Gasteiger partial charge in [0.05, 0.1) is 6.54 Å². The highest BCUT2D eigenvalue weighted by Gasteiger charge is 2.29. The Morgan fingerprint density at radius 3 is 2.92 bits per heavy atom. The topological polar surface area (TPSA) is 79.0 Å². The molecule has 2 aliphatic heterocycles. The summed E-state index contributed by atoms with van der Waals surface area (Å²) in [4.78, 5) is 13.6. The number of nitrogens with zero attached hydrogens (tertiary/aromatic N) is 5. The summed E-state index contributed by atoms with van der Waals surface area (Å²) in [5, 5.41) is 7.31. The second kappa shape index (κ2) is 10.2. The van der Waals surface area contributed by atoms with E-state index in [0.717, 1.165) is 32.1 Å². The molecule has 1 N–H and O–H groups in total. The van der Waals surface area contributed by atoms with E-state index in [9.17, 15) is 0 Å². The Morgan fingerprint density at radius 1 is 1.46 bits per heavy atom. The number of aliphatic imine (C=N–C) groups is 1. The van der Waals surface area contributed by atoms with Gasteiger partial charge >= 0.3 is 0 Å². The van der Waals surface area contributed by atoms with Gasteiger partial charge in [0, 0.05) is 45.9 Å². The van der Waals surface area contributed by atoms with Crippen molar-refractivity contribution < 1.29 is 9.26 Å². The van der Waals surface area contributed by atoms with E-state index in [1.54, 1.807) is 0 Å². The van der Waals surface area contributed by atoms with E-state index in [2.05, 4.69) is 42.4 Å². The van der Waals surface area contributed by atoms with Crippen LogP contribution < -0.4 is 5.32 Å². The lowest BCUT2D eigenvalue weighted by Crippen LogP contribution is -2.42. The number of halogens is 1. The normalized spacial score (nSPS) is 21.9. The molecule has 1 aromatic rings. The molecule has 26 heavy (non-hydrogen) atoms. The molecule has 1 saturated heterocycles. The second-order valence-corrected chi connectivity index (χ2v) is 6.36. The molecule has 0 aliphatic carbocycles. The van der Waals surface area contributed by atoms with E-state index in [1.807, 2.05) is 20.9 Å². The molecule has 0 bridgehead atoms. The Bertz CT molecular complexity index is 612. The van der Waals surface area contributed by atoms with E-state index < -0.39 is 0 Å². The summed E-state index contributed by atoms with van der Waals surface area (Å²) in [5.74, 6) is 2.01. The first kappa shape index (κ1) is 21.1. The highest BCUT2D eigenvalue weighted by Crippen LogP contribution is 2.18. The average molecular weight is 476 g/mol. The summed E-state index contributed by atoms with van der Waals surface area (Å²) in [7, 11) is 1.81. The summed E-state index contributed by atoms with van der Waals surface area (Å²) < 4.78 is 10.8. The highest BCUT2D eigenvalue weighted by molar-refractivity contribution is 14.0. The third-order valence-corrected chi connectivity index (χ3v) is 4.70. The minimum absolute atomic E-state index is 0. The van der Waals surface area contributed by atoms with Crippen LogP contribution in [-0.2, 0) is 11.3 Å². The van der Waals surface area contributed by atoms with Crippen LogP contribution >= 0.6 is 24.0 Å². The lowest BCUT2D eigenvalue weighted by Gasteiger charge is -2.25. The van der Waals surface area contributed by atoms with Crippen LogP contribution in [0.2, 0.25) is 0 Å². The van der Waals surface area contributed by atoms with Crippen LogP contribution in [0.4, 0.5) is 0 Å². The number of ether oxygens (including phenoxy) is 1. The first-order valence-corrected chi connectivity index (χ1v) is 9.00. The summed E-state index contributed by atoms with van der Waals surface area (Å²) in [6.45, 7) is 9.09. The first-order chi connectivity index (χ1) is 12.2. The summed E-state index contributed by atoms with van der Waals surface area (Å²) in [5.41, 5.74) is 0. The maximum Gasteiger partial charge on any atom is 0.246 e. The zero-order valence-corrected chi connectivity index (χ0v) is 18.1. The summed E-state index contributed by atoms with van der Waals surface area (Å²) in [6.07, 6.45) is 5.49. The average Bonchev–Trinajstić information content (AvgIpc) is 3.36. The van der Waals surface area contributed by atoms with Gasteiger partial charge in [-0.2, -0.15) is 4.98 Å². The number of hydrogen-bond acceptors (Lipinski definition) is 6. The van der Waals surface area contributed by atoms with E-state index in [4.69, 9.17) is 9.26 Å². The lowest BCUT2D eigenvalue weighted by molar-refractivity contribution is 0.0683. The van der Waals surface area contributed by atoms with Gasteiger partial charge in [0.25, 0.3) is 0 Å². The predicted molar refractivity (Wildman–Crippen MR) is 111 cm³/mol.